The summed E-state index contributed by atoms with van der Waals surface area (Å²) in [5.74, 6) is -2.10. The van der Waals surface area contributed by atoms with E-state index in [0.717, 1.165) is 29.7 Å². The Hall–Kier alpha value is -3.74. The van der Waals surface area contributed by atoms with Crippen LogP contribution in [-0.2, 0) is 32.0 Å². The average molecular weight is 461 g/mol. The van der Waals surface area contributed by atoms with Gasteiger partial charge in [0.05, 0.1) is 23.1 Å². The summed E-state index contributed by atoms with van der Waals surface area (Å²) < 4.78 is 5.19. The van der Waals surface area contributed by atoms with E-state index in [1.807, 2.05) is 44.2 Å². The lowest BCUT2D eigenvalue weighted by Gasteiger charge is -2.15. The SMILES string of the molecule is CCc1cccc(CC)c1NC(=O)COC(=O)c1ccc(N2C(=O)[C@@H]3CC=CC[C@H]3C2=O)cc1. The van der Waals surface area contributed by atoms with Crippen LogP contribution in [0.5, 0.6) is 0 Å². The number of aryl methyl sites for hydroxylation is 2. The summed E-state index contributed by atoms with van der Waals surface area (Å²) in [6, 6.07) is 12.0. The van der Waals surface area contributed by atoms with E-state index >= 15 is 0 Å². The molecule has 0 aromatic heterocycles. The van der Waals surface area contributed by atoms with Crippen molar-refractivity contribution in [2.75, 3.05) is 16.8 Å². The van der Waals surface area contributed by atoms with Crippen molar-refractivity contribution in [2.45, 2.75) is 39.5 Å². The fourth-order valence-corrected chi connectivity index (χ4v) is 4.59. The van der Waals surface area contributed by atoms with E-state index in [0.29, 0.717) is 18.5 Å². The number of hydrogen-bond acceptors (Lipinski definition) is 5. The molecular formula is C27H28N2O5. The minimum atomic E-state index is -0.655. The van der Waals surface area contributed by atoms with Gasteiger partial charge in [0.25, 0.3) is 5.91 Å². The fraction of sp³-hybridized carbons (Fsp3) is 0.333. The van der Waals surface area contributed by atoms with Gasteiger partial charge < -0.3 is 10.1 Å². The Morgan fingerprint density at radius 2 is 1.47 bits per heavy atom. The van der Waals surface area contributed by atoms with E-state index in [2.05, 4.69) is 5.32 Å². The minimum Gasteiger partial charge on any atom is -0.452 e. The van der Waals surface area contributed by atoms with Gasteiger partial charge in [0.15, 0.2) is 6.61 Å². The first-order valence-corrected chi connectivity index (χ1v) is 11.6. The lowest BCUT2D eigenvalue weighted by Crippen LogP contribution is -2.30. The van der Waals surface area contributed by atoms with Gasteiger partial charge in [-0.2, -0.15) is 0 Å². The van der Waals surface area contributed by atoms with Crippen molar-refractivity contribution in [1.29, 1.82) is 0 Å². The zero-order chi connectivity index (χ0) is 24.2. The van der Waals surface area contributed by atoms with Gasteiger partial charge in [-0.1, -0.05) is 44.2 Å². The van der Waals surface area contributed by atoms with Crippen LogP contribution in [0.25, 0.3) is 0 Å². The molecule has 0 saturated carbocycles. The standard InChI is InChI=1S/C27H28N2O5/c1-3-17-8-7-9-18(4-2)24(17)28-23(30)16-34-27(33)19-12-14-20(15-13-19)29-25(31)21-10-5-6-11-22(21)26(29)32/h5-9,12-15,21-22H,3-4,10-11,16H2,1-2H3,(H,28,30)/t21-,22-/m1/s1. The summed E-state index contributed by atoms with van der Waals surface area (Å²) >= 11 is 0. The lowest BCUT2D eigenvalue weighted by atomic mass is 9.85. The molecule has 34 heavy (non-hydrogen) atoms. The van der Waals surface area contributed by atoms with E-state index in [-0.39, 0.29) is 29.2 Å². The van der Waals surface area contributed by atoms with Gasteiger partial charge in [-0.05, 0) is 61.1 Å². The molecule has 2 aliphatic rings. The molecule has 0 bridgehead atoms. The number of ether oxygens (including phenoxy) is 1. The molecule has 0 radical (unpaired) electrons. The molecule has 1 N–H and O–H groups in total. The summed E-state index contributed by atoms with van der Waals surface area (Å²) in [5, 5.41) is 2.87. The molecule has 1 aliphatic heterocycles. The summed E-state index contributed by atoms with van der Waals surface area (Å²) in [6.07, 6.45) is 6.57. The lowest BCUT2D eigenvalue weighted by molar-refractivity contribution is -0.122. The first kappa shape index (κ1) is 23.4. The van der Waals surface area contributed by atoms with Gasteiger partial charge in [-0.25, -0.2) is 4.79 Å². The molecule has 3 amide bonds. The summed E-state index contributed by atoms with van der Waals surface area (Å²) in [7, 11) is 0. The molecule has 1 saturated heterocycles. The second-order valence-corrected chi connectivity index (χ2v) is 8.50. The Balaban J connectivity index is 1.37. The second-order valence-electron chi connectivity index (χ2n) is 8.50. The Morgan fingerprint density at radius 3 is 2.00 bits per heavy atom. The summed E-state index contributed by atoms with van der Waals surface area (Å²) in [6.45, 7) is 3.62. The molecule has 0 unspecified atom stereocenters. The van der Waals surface area contributed by atoms with Crippen molar-refractivity contribution in [3.8, 4) is 0 Å². The number of amides is 3. The maximum atomic E-state index is 12.7. The van der Waals surface area contributed by atoms with E-state index in [1.54, 1.807) is 12.1 Å². The predicted octanol–water partition coefficient (Wildman–Crippen LogP) is 4.06. The van der Waals surface area contributed by atoms with Crippen molar-refractivity contribution in [3.05, 3.63) is 71.3 Å². The molecule has 176 valence electrons. The van der Waals surface area contributed by atoms with Crippen molar-refractivity contribution in [2.24, 2.45) is 11.8 Å². The molecule has 0 spiro atoms. The van der Waals surface area contributed by atoms with Gasteiger partial charge in [0, 0.05) is 5.69 Å². The molecule has 1 heterocycles. The Morgan fingerprint density at radius 1 is 0.912 bits per heavy atom. The average Bonchev–Trinajstić information content (AvgIpc) is 3.12. The molecule has 2 atom stereocenters. The van der Waals surface area contributed by atoms with E-state index in [9.17, 15) is 19.2 Å². The zero-order valence-electron chi connectivity index (χ0n) is 19.4. The third-order valence-electron chi connectivity index (χ3n) is 6.47. The van der Waals surface area contributed by atoms with Crippen LogP contribution >= 0.6 is 0 Å². The maximum absolute atomic E-state index is 12.7. The number of nitrogens with zero attached hydrogens (tertiary/aromatic N) is 1. The van der Waals surface area contributed by atoms with Crippen LogP contribution in [0.4, 0.5) is 11.4 Å². The smallest absolute Gasteiger partial charge is 0.338 e. The number of fused-ring (bicyclic) bond motifs is 1. The predicted molar refractivity (Wildman–Crippen MR) is 128 cm³/mol. The van der Waals surface area contributed by atoms with Gasteiger partial charge in [0.1, 0.15) is 0 Å². The number of benzene rings is 2. The number of carbonyl (C=O) groups excluding carboxylic acids is 4. The van der Waals surface area contributed by atoms with Crippen LogP contribution in [0.1, 0.15) is 48.2 Å². The Kier molecular flexibility index (Phi) is 6.91. The molecule has 2 aromatic rings. The highest BCUT2D eigenvalue weighted by molar-refractivity contribution is 6.22. The van der Waals surface area contributed by atoms with E-state index in [1.165, 1.54) is 17.0 Å². The van der Waals surface area contributed by atoms with Crippen molar-refractivity contribution in [3.63, 3.8) is 0 Å². The van der Waals surface area contributed by atoms with Crippen LogP contribution in [-0.4, -0.2) is 30.3 Å². The normalized spacial score (nSPS) is 19.2. The summed E-state index contributed by atoms with van der Waals surface area (Å²) in [5.41, 5.74) is 3.49. The third kappa shape index (κ3) is 4.51. The van der Waals surface area contributed by atoms with Crippen molar-refractivity contribution < 1.29 is 23.9 Å². The van der Waals surface area contributed by atoms with E-state index < -0.39 is 18.5 Å². The molecule has 7 heteroatoms. The van der Waals surface area contributed by atoms with Gasteiger partial charge in [-0.15, -0.1) is 0 Å². The minimum absolute atomic E-state index is 0.204. The first-order chi connectivity index (χ1) is 16.4. The van der Waals surface area contributed by atoms with Gasteiger partial charge in [0.2, 0.25) is 11.8 Å². The molecular weight excluding hydrogens is 432 g/mol. The highest BCUT2D eigenvalue weighted by Crippen LogP contribution is 2.37. The van der Waals surface area contributed by atoms with Gasteiger partial charge >= 0.3 is 5.97 Å². The molecule has 7 nitrogen and oxygen atoms in total. The number of nitrogens with one attached hydrogen (secondary N) is 1. The number of allylic oxidation sites excluding steroid dienone is 2. The number of para-hydroxylation sites is 1. The highest BCUT2D eigenvalue weighted by atomic mass is 16.5. The number of esters is 1. The molecule has 4 rings (SSSR count). The molecule has 1 aliphatic carbocycles. The number of imide groups is 1. The van der Waals surface area contributed by atoms with Crippen LogP contribution in [0.15, 0.2) is 54.6 Å². The number of rotatable bonds is 7. The largest absolute Gasteiger partial charge is 0.452 e. The molecule has 1 fully saturated rings. The van der Waals surface area contributed by atoms with Crippen LogP contribution in [0.2, 0.25) is 0 Å². The van der Waals surface area contributed by atoms with Crippen LogP contribution < -0.4 is 10.2 Å². The van der Waals surface area contributed by atoms with Crippen LogP contribution in [0.3, 0.4) is 0 Å². The zero-order valence-corrected chi connectivity index (χ0v) is 19.4. The quantitative estimate of drug-likeness (QED) is 0.382. The summed E-state index contributed by atoms with van der Waals surface area (Å²) in [4.78, 5) is 51.5. The van der Waals surface area contributed by atoms with Crippen molar-refractivity contribution >= 4 is 35.1 Å². The second kappa shape index (κ2) is 10.0. The van der Waals surface area contributed by atoms with Crippen molar-refractivity contribution in [1.82, 2.24) is 0 Å². The number of carbonyl (C=O) groups is 4. The third-order valence-corrected chi connectivity index (χ3v) is 6.47. The molecule has 2 aromatic carbocycles. The van der Waals surface area contributed by atoms with Crippen LogP contribution in [0, 0.1) is 11.8 Å². The number of anilines is 2. The first-order valence-electron chi connectivity index (χ1n) is 11.6. The Labute approximate surface area is 198 Å². The fourth-order valence-electron chi connectivity index (χ4n) is 4.59. The maximum Gasteiger partial charge on any atom is 0.338 e. The monoisotopic (exact) mass is 460 g/mol. The Bertz CT molecular complexity index is 1100. The van der Waals surface area contributed by atoms with Gasteiger partial charge in [-0.3, -0.25) is 19.3 Å². The highest BCUT2D eigenvalue weighted by Gasteiger charge is 2.47. The van der Waals surface area contributed by atoms with E-state index in [4.69, 9.17) is 4.74 Å². The topological polar surface area (TPSA) is 92.8 Å². The number of hydrogen-bond donors (Lipinski definition) is 1.